The van der Waals surface area contributed by atoms with Crippen LogP contribution in [0.5, 0.6) is 5.75 Å². The van der Waals surface area contributed by atoms with Gasteiger partial charge in [-0.2, -0.15) is 13.2 Å². The van der Waals surface area contributed by atoms with E-state index >= 15 is 0 Å². The number of aryl methyl sites for hydroxylation is 1. The number of hydrogen-bond donors (Lipinski definition) is 2. The van der Waals surface area contributed by atoms with Gasteiger partial charge in [-0.25, -0.2) is 9.78 Å². The van der Waals surface area contributed by atoms with Crippen molar-refractivity contribution in [3.05, 3.63) is 48.6 Å². The molecule has 3 heterocycles. The van der Waals surface area contributed by atoms with E-state index in [1.807, 2.05) is 18.2 Å². The molecular weight excluding hydrogens is 453 g/mol. The van der Waals surface area contributed by atoms with E-state index in [0.29, 0.717) is 40.0 Å². The number of nitrogens with one attached hydrogen (secondary N) is 2. The van der Waals surface area contributed by atoms with Crippen LogP contribution in [0.25, 0.3) is 28.4 Å². The second kappa shape index (κ2) is 9.04. The molecular formula is C22H21F3N6O3. The van der Waals surface area contributed by atoms with E-state index < -0.39 is 18.8 Å². The van der Waals surface area contributed by atoms with Crippen LogP contribution in [-0.2, 0) is 0 Å². The van der Waals surface area contributed by atoms with E-state index in [2.05, 4.69) is 20.5 Å². The zero-order chi connectivity index (χ0) is 24.5. The molecule has 0 saturated carbocycles. The first-order chi connectivity index (χ1) is 16.1. The van der Waals surface area contributed by atoms with Crippen LogP contribution >= 0.6 is 0 Å². The predicted molar refractivity (Wildman–Crippen MR) is 117 cm³/mol. The molecule has 9 nitrogen and oxygen atoms in total. The van der Waals surface area contributed by atoms with Gasteiger partial charge in [-0.3, -0.25) is 4.40 Å². The molecule has 0 atom stereocenters. The van der Waals surface area contributed by atoms with E-state index in [0.717, 1.165) is 0 Å². The quantitative estimate of drug-likeness (QED) is 0.415. The summed E-state index contributed by atoms with van der Waals surface area (Å²) < 4.78 is 50.3. The summed E-state index contributed by atoms with van der Waals surface area (Å²) >= 11 is 0. The van der Waals surface area contributed by atoms with Gasteiger partial charge in [-0.1, -0.05) is 0 Å². The van der Waals surface area contributed by atoms with Crippen molar-refractivity contribution < 1.29 is 27.1 Å². The highest BCUT2D eigenvalue weighted by Gasteiger charge is 2.27. The third-order valence-electron chi connectivity index (χ3n) is 4.57. The number of benzene rings is 1. The summed E-state index contributed by atoms with van der Waals surface area (Å²) in [6.07, 6.45) is -1.25. The molecule has 34 heavy (non-hydrogen) atoms. The Kier molecular flexibility index (Phi) is 6.14. The van der Waals surface area contributed by atoms with Crippen LogP contribution in [0.15, 0.2) is 47.1 Å². The average Bonchev–Trinajstić information content (AvgIpc) is 3.37. The Hall–Kier alpha value is -4.09. The van der Waals surface area contributed by atoms with Gasteiger partial charge in [-0.05, 0) is 38.1 Å². The van der Waals surface area contributed by atoms with Crippen LogP contribution < -0.4 is 15.4 Å². The van der Waals surface area contributed by atoms with Crippen LogP contribution in [0.1, 0.15) is 19.7 Å². The number of nitrogens with zero attached hydrogens (tertiary/aromatic N) is 4. The molecule has 0 aliphatic heterocycles. The Morgan fingerprint density at radius 1 is 1.18 bits per heavy atom. The van der Waals surface area contributed by atoms with E-state index in [4.69, 9.17) is 9.15 Å². The second-order valence-corrected chi connectivity index (χ2v) is 7.75. The Morgan fingerprint density at radius 3 is 2.65 bits per heavy atom. The van der Waals surface area contributed by atoms with Crippen molar-refractivity contribution in [3.63, 3.8) is 0 Å². The van der Waals surface area contributed by atoms with Gasteiger partial charge < -0.3 is 19.8 Å². The molecule has 0 aliphatic carbocycles. The summed E-state index contributed by atoms with van der Waals surface area (Å²) in [7, 11) is 0. The highest BCUT2D eigenvalue weighted by molar-refractivity contribution is 5.90. The molecule has 0 bridgehead atoms. The number of urea groups is 1. The fourth-order valence-electron chi connectivity index (χ4n) is 3.26. The van der Waals surface area contributed by atoms with Crippen molar-refractivity contribution in [1.29, 1.82) is 0 Å². The van der Waals surface area contributed by atoms with E-state index in [9.17, 15) is 18.0 Å². The molecule has 3 aromatic heterocycles. The van der Waals surface area contributed by atoms with Crippen molar-refractivity contribution in [2.75, 3.05) is 11.9 Å². The molecule has 2 N–H and O–H groups in total. The van der Waals surface area contributed by atoms with Crippen LogP contribution in [0.2, 0.25) is 0 Å². The molecule has 4 aromatic rings. The van der Waals surface area contributed by atoms with Gasteiger partial charge in [0.05, 0.1) is 18.0 Å². The average molecular weight is 474 g/mol. The SMILES string of the molecule is Cc1nnc(-c2ccn3c(-c4cc(NC(=O)NCC(F)(F)F)cc(OC(C)C)c4)cnc3c2)o1. The van der Waals surface area contributed by atoms with Crippen molar-refractivity contribution in [1.82, 2.24) is 24.9 Å². The number of alkyl halides is 3. The number of pyridine rings is 1. The Balaban J connectivity index is 1.67. The molecule has 0 fully saturated rings. The molecule has 0 saturated heterocycles. The Bertz CT molecular complexity index is 1330. The van der Waals surface area contributed by atoms with E-state index in [-0.39, 0.29) is 11.8 Å². The lowest BCUT2D eigenvalue weighted by Crippen LogP contribution is -2.36. The summed E-state index contributed by atoms with van der Waals surface area (Å²) in [5.41, 5.74) is 2.89. The third-order valence-corrected chi connectivity index (χ3v) is 4.57. The molecule has 0 aliphatic rings. The maximum Gasteiger partial charge on any atom is 0.405 e. The molecule has 0 spiro atoms. The number of amides is 2. The first kappa shape index (κ1) is 23.1. The van der Waals surface area contributed by atoms with Crippen LogP contribution in [0, 0.1) is 6.92 Å². The Morgan fingerprint density at radius 2 is 1.97 bits per heavy atom. The lowest BCUT2D eigenvalue weighted by molar-refractivity contribution is -0.122. The number of rotatable bonds is 6. The summed E-state index contributed by atoms with van der Waals surface area (Å²) in [4.78, 5) is 16.4. The zero-order valence-corrected chi connectivity index (χ0v) is 18.5. The van der Waals surface area contributed by atoms with Gasteiger partial charge in [-0.15, -0.1) is 10.2 Å². The summed E-state index contributed by atoms with van der Waals surface area (Å²) in [5, 5.41) is 12.0. The molecule has 0 radical (unpaired) electrons. The molecule has 0 unspecified atom stereocenters. The fraction of sp³-hybridized carbons (Fsp3) is 0.273. The van der Waals surface area contributed by atoms with Crippen molar-refractivity contribution in [2.24, 2.45) is 0 Å². The predicted octanol–water partition coefficient (Wildman–Crippen LogP) is 4.83. The topological polar surface area (TPSA) is 107 Å². The molecule has 12 heteroatoms. The molecule has 4 rings (SSSR count). The molecule has 178 valence electrons. The van der Waals surface area contributed by atoms with Crippen LogP contribution in [0.3, 0.4) is 0 Å². The van der Waals surface area contributed by atoms with E-state index in [1.165, 1.54) is 6.07 Å². The van der Waals surface area contributed by atoms with Crippen LogP contribution in [-0.4, -0.2) is 44.4 Å². The van der Waals surface area contributed by atoms with Gasteiger partial charge in [0.25, 0.3) is 0 Å². The monoisotopic (exact) mass is 474 g/mol. The minimum Gasteiger partial charge on any atom is -0.491 e. The second-order valence-electron chi connectivity index (χ2n) is 7.75. The van der Waals surface area contributed by atoms with Crippen molar-refractivity contribution >= 4 is 17.4 Å². The number of carbonyl (C=O) groups excluding carboxylic acids is 1. The smallest absolute Gasteiger partial charge is 0.405 e. The largest absolute Gasteiger partial charge is 0.491 e. The standard InChI is InChI=1S/C22H21F3N6O3/c1-12(2)33-17-7-15(6-16(9-17)28-21(32)27-11-22(23,24)25)18-10-26-19-8-14(4-5-31(18)19)20-30-29-13(3)34-20/h4-10,12H,11H2,1-3H3,(H2,27,28,32). The van der Waals surface area contributed by atoms with Gasteiger partial charge in [0.2, 0.25) is 11.8 Å². The first-order valence-corrected chi connectivity index (χ1v) is 10.3. The number of aromatic nitrogens is 4. The highest BCUT2D eigenvalue weighted by atomic mass is 19.4. The lowest BCUT2D eigenvalue weighted by Gasteiger charge is -2.15. The minimum absolute atomic E-state index is 0.162. The van der Waals surface area contributed by atoms with Gasteiger partial charge >= 0.3 is 12.2 Å². The number of carbonyl (C=O) groups is 1. The number of imidazole rings is 1. The summed E-state index contributed by atoms with van der Waals surface area (Å²) in [6.45, 7) is 3.93. The van der Waals surface area contributed by atoms with Crippen LogP contribution in [0.4, 0.5) is 23.7 Å². The summed E-state index contributed by atoms with van der Waals surface area (Å²) in [5.74, 6) is 1.25. The lowest BCUT2D eigenvalue weighted by atomic mass is 10.1. The van der Waals surface area contributed by atoms with Gasteiger partial charge in [0, 0.05) is 36.0 Å². The zero-order valence-electron chi connectivity index (χ0n) is 18.5. The van der Waals surface area contributed by atoms with Crippen molar-refractivity contribution in [3.8, 4) is 28.5 Å². The van der Waals surface area contributed by atoms with E-state index in [1.54, 1.807) is 48.9 Å². The number of halogens is 3. The number of fused-ring (bicyclic) bond motifs is 1. The first-order valence-electron chi connectivity index (χ1n) is 10.3. The normalized spacial score (nSPS) is 11.7. The number of anilines is 1. The highest BCUT2D eigenvalue weighted by Crippen LogP contribution is 2.31. The maximum absolute atomic E-state index is 12.4. The number of ether oxygens (including phenoxy) is 1. The van der Waals surface area contributed by atoms with Gasteiger partial charge in [0.1, 0.15) is 17.9 Å². The summed E-state index contributed by atoms with van der Waals surface area (Å²) in [6, 6.07) is 7.52. The maximum atomic E-state index is 12.4. The third kappa shape index (κ3) is 5.45. The molecule has 1 aromatic carbocycles. The Labute approximate surface area is 192 Å². The van der Waals surface area contributed by atoms with Crippen molar-refractivity contribution in [2.45, 2.75) is 33.1 Å². The fourth-order valence-corrected chi connectivity index (χ4v) is 3.26. The number of hydrogen-bond acceptors (Lipinski definition) is 6. The van der Waals surface area contributed by atoms with Gasteiger partial charge in [0.15, 0.2) is 0 Å². The molecule has 2 amide bonds. The minimum atomic E-state index is -4.51.